The number of carbonyl (C=O) groups is 2. The Hall–Kier alpha value is -3.31. The number of benzene rings is 3. The van der Waals surface area contributed by atoms with Crippen molar-refractivity contribution in [3.63, 3.8) is 0 Å². The lowest BCUT2D eigenvalue weighted by Gasteiger charge is -2.32. The Labute approximate surface area is 219 Å². The summed E-state index contributed by atoms with van der Waals surface area (Å²) in [5, 5.41) is 3.68. The molecule has 2 amide bonds. The molecule has 3 aromatic rings. The lowest BCUT2D eigenvalue weighted by atomic mass is 10.0. The Bertz CT molecular complexity index is 1090. The number of carbonyl (C=O) groups excluding carboxylic acids is 2. The van der Waals surface area contributed by atoms with Gasteiger partial charge in [0.1, 0.15) is 11.8 Å². The summed E-state index contributed by atoms with van der Waals surface area (Å²) in [6, 6.07) is 26.1. The summed E-state index contributed by atoms with van der Waals surface area (Å²) in [7, 11) is 0. The van der Waals surface area contributed by atoms with Crippen molar-refractivity contribution in [2.75, 3.05) is 6.61 Å². The van der Waals surface area contributed by atoms with Gasteiger partial charge in [-0.3, -0.25) is 9.59 Å². The number of amides is 2. The quantitative estimate of drug-likeness (QED) is 0.287. The zero-order chi connectivity index (χ0) is 25.8. The van der Waals surface area contributed by atoms with E-state index in [0.29, 0.717) is 31.0 Å². The average Bonchev–Trinajstić information content (AvgIpc) is 2.89. The zero-order valence-electron chi connectivity index (χ0n) is 21.0. The van der Waals surface area contributed by atoms with Crippen molar-refractivity contribution < 1.29 is 14.3 Å². The van der Waals surface area contributed by atoms with Gasteiger partial charge in [0.05, 0.1) is 6.61 Å². The standard InChI is InChI=1S/C30H35ClN2O3/c1-3-23(2)32-30(35)28(21-24-12-6-4-7-13-24)33(22-25-14-10-15-26(31)20-25)29(34)18-11-19-36-27-16-8-5-9-17-27/h4-10,12-17,20,23,28H,3,11,18-19,21-22H2,1-2H3,(H,32,35)/t23-,28+/m1/s1. The lowest BCUT2D eigenvalue weighted by molar-refractivity contribution is -0.141. The third-order valence-electron chi connectivity index (χ3n) is 6.06. The number of rotatable bonds is 13. The molecule has 0 aliphatic carbocycles. The van der Waals surface area contributed by atoms with Gasteiger partial charge in [-0.2, -0.15) is 0 Å². The Morgan fingerprint density at radius 1 is 0.944 bits per heavy atom. The SMILES string of the molecule is CC[C@@H](C)NC(=O)[C@H](Cc1ccccc1)N(Cc1cccc(Cl)c1)C(=O)CCCOc1ccccc1. The molecule has 1 N–H and O–H groups in total. The van der Waals surface area contributed by atoms with Gasteiger partial charge >= 0.3 is 0 Å². The van der Waals surface area contributed by atoms with Crippen LogP contribution in [-0.2, 0) is 22.6 Å². The van der Waals surface area contributed by atoms with E-state index in [9.17, 15) is 9.59 Å². The summed E-state index contributed by atoms with van der Waals surface area (Å²) >= 11 is 6.23. The van der Waals surface area contributed by atoms with E-state index in [0.717, 1.165) is 23.3 Å². The molecule has 6 heteroatoms. The van der Waals surface area contributed by atoms with E-state index in [1.807, 2.05) is 92.7 Å². The molecule has 190 valence electrons. The van der Waals surface area contributed by atoms with Crippen LogP contribution in [0.4, 0.5) is 0 Å². The Balaban J connectivity index is 1.80. The van der Waals surface area contributed by atoms with Crippen molar-refractivity contribution in [2.24, 2.45) is 0 Å². The van der Waals surface area contributed by atoms with Crippen LogP contribution in [0, 0.1) is 0 Å². The molecular formula is C30H35ClN2O3. The molecule has 0 spiro atoms. The fourth-order valence-corrected chi connectivity index (χ4v) is 4.11. The summed E-state index contributed by atoms with van der Waals surface area (Å²) in [5.41, 5.74) is 1.88. The highest BCUT2D eigenvalue weighted by atomic mass is 35.5. The van der Waals surface area contributed by atoms with Gasteiger partial charge in [-0.05, 0) is 55.2 Å². The van der Waals surface area contributed by atoms with E-state index in [4.69, 9.17) is 16.3 Å². The van der Waals surface area contributed by atoms with Crippen molar-refractivity contribution in [1.82, 2.24) is 10.2 Å². The summed E-state index contributed by atoms with van der Waals surface area (Å²) in [5.74, 6) is 0.534. The minimum absolute atomic E-state index is 0.0122. The Kier molecular flexibility index (Phi) is 10.8. The summed E-state index contributed by atoms with van der Waals surface area (Å²) in [6.07, 6.45) is 2.05. The molecule has 36 heavy (non-hydrogen) atoms. The summed E-state index contributed by atoms with van der Waals surface area (Å²) in [6.45, 7) is 4.72. The maximum absolute atomic E-state index is 13.6. The van der Waals surface area contributed by atoms with Crippen LogP contribution in [0.5, 0.6) is 5.75 Å². The molecule has 0 bridgehead atoms. The van der Waals surface area contributed by atoms with Crippen LogP contribution < -0.4 is 10.1 Å². The predicted molar refractivity (Wildman–Crippen MR) is 145 cm³/mol. The molecular weight excluding hydrogens is 472 g/mol. The number of nitrogens with zero attached hydrogens (tertiary/aromatic N) is 1. The third-order valence-corrected chi connectivity index (χ3v) is 6.30. The van der Waals surface area contributed by atoms with Crippen LogP contribution in [0.1, 0.15) is 44.2 Å². The van der Waals surface area contributed by atoms with Gasteiger partial charge in [0.2, 0.25) is 11.8 Å². The summed E-state index contributed by atoms with van der Waals surface area (Å²) in [4.78, 5) is 28.8. The number of halogens is 1. The molecule has 0 saturated carbocycles. The first-order chi connectivity index (χ1) is 17.5. The lowest BCUT2D eigenvalue weighted by Crippen LogP contribution is -2.52. The molecule has 3 aromatic carbocycles. The fourth-order valence-electron chi connectivity index (χ4n) is 3.90. The largest absolute Gasteiger partial charge is 0.494 e. The van der Waals surface area contributed by atoms with Crippen molar-refractivity contribution in [1.29, 1.82) is 0 Å². The van der Waals surface area contributed by atoms with Crippen LogP contribution >= 0.6 is 11.6 Å². The van der Waals surface area contributed by atoms with Gasteiger partial charge in [-0.15, -0.1) is 0 Å². The van der Waals surface area contributed by atoms with Crippen LogP contribution in [0.15, 0.2) is 84.9 Å². The zero-order valence-corrected chi connectivity index (χ0v) is 21.8. The summed E-state index contributed by atoms with van der Waals surface area (Å²) < 4.78 is 5.77. The maximum atomic E-state index is 13.6. The van der Waals surface area contributed by atoms with E-state index in [1.165, 1.54) is 0 Å². The molecule has 5 nitrogen and oxygen atoms in total. The number of ether oxygens (including phenoxy) is 1. The van der Waals surface area contributed by atoms with E-state index in [-0.39, 0.29) is 24.3 Å². The van der Waals surface area contributed by atoms with Crippen molar-refractivity contribution in [2.45, 2.75) is 58.2 Å². The van der Waals surface area contributed by atoms with Crippen LogP contribution in [0.3, 0.4) is 0 Å². The Morgan fingerprint density at radius 3 is 2.28 bits per heavy atom. The highest BCUT2D eigenvalue weighted by molar-refractivity contribution is 6.30. The van der Waals surface area contributed by atoms with E-state index in [2.05, 4.69) is 5.32 Å². The van der Waals surface area contributed by atoms with Crippen molar-refractivity contribution in [3.05, 3.63) is 101 Å². The molecule has 0 heterocycles. The fraction of sp³-hybridized carbons (Fsp3) is 0.333. The molecule has 0 aliphatic heterocycles. The second kappa shape index (κ2) is 14.3. The highest BCUT2D eigenvalue weighted by Crippen LogP contribution is 2.19. The van der Waals surface area contributed by atoms with E-state index < -0.39 is 6.04 Å². The monoisotopic (exact) mass is 506 g/mol. The third kappa shape index (κ3) is 8.72. The van der Waals surface area contributed by atoms with Crippen LogP contribution in [0.2, 0.25) is 5.02 Å². The normalized spacial score (nSPS) is 12.4. The molecule has 0 aliphatic rings. The first-order valence-electron chi connectivity index (χ1n) is 12.5. The second-order valence-electron chi connectivity index (χ2n) is 8.94. The number of hydrogen-bond donors (Lipinski definition) is 1. The van der Waals surface area contributed by atoms with Crippen LogP contribution in [0.25, 0.3) is 0 Å². The predicted octanol–water partition coefficient (Wildman–Crippen LogP) is 6.05. The first kappa shape index (κ1) is 27.3. The number of hydrogen-bond acceptors (Lipinski definition) is 3. The van der Waals surface area contributed by atoms with Crippen molar-refractivity contribution >= 4 is 23.4 Å². The Morgan fingerprint density at radius 2 is 1.61 bits per heavy atom. The topological polar surface area (TPSA) is 58.6 Å². The molecule has 3 rings (SSSR count). The minimum Gasteiger partial charge on any atom is -0.494 e. The molecule has 0 radical (unpaired) electrons. The van der Waals surface area contributed by atoms with Crippen molar-refractivity contribution in [3.8, 4) is 5.75 Å². The molecule has 0 unspecified atom stereocenters. The van der Waals surface area contributed by atoms with Crippen LogP contribution in [-0.4, -0.2) is 35.4 Å². The van der Waals surface area contributed by atoms with Gasteiger partial charge < -0.3 is 15.0 Å². The molecule has 0 fully saturated rings. The second-order valence-corrected chi connectivity index (χ2v) is 9.38. The minimum atomic E-state index is -0.650. The van der Waals surface area contributed by atoms with Gasteiger partial charge in [0, 0.05) is 30.5 Å². The molecule has 0 aromatic heterocycles. The molecule has 2 atom stereocenters. The van der Waals surface area contributed by atoms with E-state index in [1.54, 1.807) is 11.0 Å². The van der Waals surface area contributed by atoms with Gasteiger partial charge in [-0.25, -0.2) is 0 Å². The average molecular weight is 507 g/mol. The smallest absolute Gasteiger partial charge is 0.243 e. The van der Waals surface area contributed by atoms with Gasteiger partial charge in [-0.1, -0.05) is 79.2 Å². The molecule has 0 saturated heterocycles. The van der Waals surface area contributed by atoms with Gasteiger partial charge in [0.25, 0.3) is 0 Å². The highest BCUT2D eigenvalue weighted by Gasteiger charge is 2.30. The number of nitrogens with one attached hydrogen (secondary N) is 1. The van der Waals surface area contributed by atoms with E-state index >= 15 is 0 Å². The number of para-hydroxylation sites is 1. The first-order valence-corrected chi connectivity index (χ1v) is 12.9. The maximum Gasteiger partial charge on any atom is 0.243 e. The van der Waals surface area contributed by atoms with Gasteiger partial charge in [0.15, 0.2) is 0 Å².